The highest BCUT2D eigenvalue weighted by molar-refractivity contribution is 7.88. The van der Waals surface area contributed by atoms with Crippen LogP contribution < -0.4 is 4.72 Å². The molecular formula is C13H15N5O2S. The number of sulfonamides is 1. The highest BCUT2D eigenvalue weighted by atomic mass is 32.2. The molecule has 21 heavy (non-hydrogen) atoms. The molecule has 1 N–H and O–H groups in total. The maximum absolute atomic E-state index is 12.0. The van der Waals surface area contributed by atoms with Crippen LogP contribution in [0.5, 0.6) is 0 Å². The molecule has 0 bridgehead atoms. The normalized spacial score (nSPS) is 11.2. The van der Waals surface area contributed by atoms with Crippen LogP contribution in [0.2, 0.25) is 0 Å². The Balaban J connectivity index is 1.96. The average molecular weight is 305 g/mol. The van der Waals surface area contributed by atoms with Crippen LogP contribution in [0.25, 0.3) is 0 Å². The van der Waals surface area contributed by atoms with Gasteiger partial charge in [-0.25, -0.2) is 13.1 Å². The summed E-state index contributed by atoms with van der Waals surface area (Å²) in [6.45, 7) is 0.240. The Morgan fingerprint density at radius 2 is 2.14 bits per heavy atom. The SMILES string of the molecule is Cn1cnnc1CCNS(=O)(=O)Cc1ccccc1C#N. The van der Waals surface area contributed by atoms with E-state index < -0.39 is 10.0 Å². The van der Waals surface area contributed by atoms with E-state index in [-0.39, 0.29) is 12.3 Å². The third kappa shape index (κ3) is 4.11. The third-order valence-corrected chi connectivity index (χ3v) is 4.29. The first kappa shape index (κ1) is 15.2. The maximum atomic E-state index is 12.0. The van der Waals surface area contributed by atoms with Crippen molar-refractivity contribution in [3.05, 3.63) is 47.5 Å². The molecule has 0 aliphatic rings. The molecular weight excluding hydrogens is 290 g/mol. The summed E-state index contributed by atoms with van der Waals surface area (Å²) in [6, 6.07) is 8.65. The quantitative estimate of drug-likeness (QED) is 0.830. The van der Waals surface area contributed by atoms with Crippen LogP contribution in [0.4, 0.5) is 0 Å². The second-order valence-corrected chi connectivity index (χ2v) is 6.34. The van der Waals surface area contributed by atoms with E-state index in [0.717, 1.165) is 0 Å². The first-order chi connectivity index (χ1) is 10.0. The van der Waals surface area contributed by atoms with Crippen molar-refractivity contribution in [3.63, 3.8) is 0 Å². The first-order valence-corrected chi connectivity index (χ1v) is 7.95. The predicted molar refractivity (Wildman–Crippen MR) is 76.5 cm³/mol. The van der Waals surface area contributed by atoms with Crippen LogP contribution in [0.15, 0.2) is 30.6 Å². The molecule has 8 heteroatoms. The van der Waals surface area contributed by atoms with E-state index in [1.807, 2.05) is 6.07 Å². The van der Waals surface area contributed by atoms with Gasteiger partial charge in [-0.2, -0.15) is 5.26 Å². The van der Waals surface area contributed by atoms with Crippen LogP contribution in [0.1, 0.15) is 17.0 Å². The lowest BCUT2D eigenvalue weighted by molar-refractivity contribution is 0.579. The van der Waals surface area contributed by atoms with Crippen molar-refractivity contribution < 1.29 is 8.42 Å². The van der Waals surface area contributed by atoms with Gasteiger partial charge in [0.15, 0.2) is 0 Å². The van der Waals surface area contributed by atoms with E-state index in [1.54, 1.807) is 42.2 Å². The van der Waals surface area contributed by atoms with Crippen molar-refractivity contribution in [2.45, 2.75) is 12.2 Å². The Labute approximate surface area is 123 Å². The molecule has 0 saturated heterocycles. The van der Waals surface area contributed by atoms with E-state index in [4.69, 9.17) is 5.26 Å². The molecule has 0 radical (unpaired) electrons. The van der Waals surface area contributed by atoms with Gasteiger partial charge >= 0.3 is 0 Å². The summed E-state index contributed by atoms with van der Waals surface area (Å²) >= 11 is 0. The third-order valence-electron chi connectivity index (χ3n) is 2.96. The molecule has 1 heterocycles. The Bertz CT molecular complexity index is 761. The van der Waals surface area contributed by atoms with Crippen LogP contribution in [-0.4, -0.2) is 29.7 Å². The van der Waals surface area contributed by atoms with Crippen LogP contribution in [0.3, 0.4) is 0 Å². The van der Waals surface area contributed by atoms with Gasteiger partial charge in [-0.1, -0.05) is 18.2 Å². The number of hydrogen-bond donors (Lipinski definition) is 1. The molecule has 1 aromatic heterocycles. The van der Waals surface area contributed by atoms with Crippen molar-refractivity contribution in [3.8, 4) is 6.07 Å². The molecule has 0 unspecified atom stereocenters. The fourth-order valence-corrected chi connectivity index (χ4v) is 3.04. The van der Waals surface area contributed by atoms with Crippen LogP contribution >= 0.6 is 0 Å². The number of hydrogen-bond acceptors (Lipinski definition) is 5. The summed E-state index contributed by atoms with van der Waals surface area (Å²) in [5.74, 6) is 0.491. The Hall–Kier alpha value is -2.24. The lowest BCUT2D eigenvalue weighted by atomic mass is 10.1. The van der Waals surface area contributed by atoms with Gasteiger partial charge in [0.05, 0.1) is 17.4 Å². The number of aryl methyl sites for hydroxylation is 1. The summed E-state index contributed by atoms with van der Waals surface area (Å²) in [5, 5.41) is 16.6. The largest absolute Gasteiger partial charge is 0.321 e. The topological polar surface area (TPSA) is 101 Å². The maximum Gasteiger partial charge on any atom is 0.215 e. The number of nitriles is 1. The molecule has 0 spiro atoms. The molecule has 0 amide bonds. The van der Waals surface area contributed by atoms with Crippen molar-refractivity contribution in [2.75, 3.05) is 6.54 Å². The van der Waals surface area contributed by atoms with E-state index in [2.05, 4.69) is 14.9 Å². The summed E-state index contributed by atoms with van der Waals surface area (Å²) < 4.78 is 28.3. The fraction of sp³-hybridized carbons (Fsp3) is 0.308. The summed E-state index contributed by atoms with van der Waals surface area (Å²) in [4.78, 5) is 0. The van der Waals surface area contributed by atoms with Crippen LogP contribution in [0, 0.1) is 11.3 Å². The summed E-state index contributed by atoms with van der Waals surface area (Å²) in [6.07, 6.45) is 2.02. The van der Waals surface area contributed by atoms with Crippen molar-refractivity contribution in [1.29, 1.82) is 5.26 Å². The zero-order valence-corrected chi connectivity index (χ0v) is 12.3. The highest BCUT2D eigenvalue weighted by Gasteiger charge is 2.14. The first-order valence-electron chi connectivity index (χ1n) is 6.30. The van der Waals surface area contributed by atoms with Gasteiger partial charge in [-0.15, -0.1) is 10.2 Å². The molecule has 2 rings (SSSR count). The lowest BCUT2D eigenvalue weighted by Gasteiger charge is -2.07. The number of aromatic nitrogens is 3. The number of nitrogens with zero attached hydrogens (tertiary/aromatic N) is 4. The lowest BCUT2D eigenvalue weighted by Crippen LogP contribution is -2.28. The monoisotopic (exact) mass is 305 g/mol. The molecule has 7 nitrogen and oxygen atoms in total. The second-order valence-electron chi connectivity index (χ2n) is 4.53. The van der Waals surface area contributed by atoms with Crippen molar-refractivity contribution >= 4 is 10.0 Å². The van der Waals surface area contributed by atoms with E-state index in [0.29, 0.717) is 23.4 Å². The van der Waals surface area contributed by atoms with Gasteiger partial charge in [-0.3, -0.25) is 0 Å². The molecule has 0 aliphatic carbocycles. The van der Waals surface area contributed by atoms with Crippen LogP contribution in [-0.2, 0) is 29.2 Å². The summed E-state index contributed by atoms with van der Waals surface area (Å²) in [5.41, 5.74) is 0.863. The molecule has 0 atom stereocenters. The summed E-state index contributed by atoms with van der Waals surface area (Å²) in [7, 11) is -1.69. The average Bonchev–Trinajstić information content (AvgIpc) is 2.84. The molecule has 1 aromatic carbocycles. The van der Waals surface area contributed by atoms with E-state index >= 15 is 0 Å². The van der Waals surface area contributed by atoms with E-state index in [1.165, 1.54) is 0 Å². The smallest absolute Gasteiger partial charge is 0.215 e. The highest BCUT2D eigenvalue weighted by Crippen LogP contribution is 2.10. The van der Waals surface area contributed by atoms with Crippen molar-refractivity contribution in [2.24, 2.45) is 7.05 Å². The minimum atomic E-state index is -3.49. The predicted octanol–water partition coefficient (Wildman–Crippen LogP) is 0.349. The Morgan fingerprint density at radius 1 is 1.38 bits per heavy atom. The van der Waals surface area contributed by atoms with Gasteiger partial charge in [0.2, 0.25) is 10.0 Å². The number of benzene rings is 1. The molecule has 110 valence electrons. The Kier molecular flexibility index (Phi) is 4.67. The van der Waals surface area contributed by atoms with Gasteiger partial charge in [0.1, 0.15) is 12.2 Å². The van der Waals surface area contributed by atoms with Gasteiger partial charge in [0.25, 0.3) is 0 Å². The minimum absolute atomic E-state index is 0.213. The molecule has 0 saturated carbocycles. The zero-order chi connectivity index (χ0) is 15.3. The minimum Gasteiger partial charge on any atom is -0.321 e. The molecule has 2 aromatic rings. The number of rotatable bonds is 6. The van der Waals surface area contributed by atoms with E-state index in [9.17, 15) is 8.42 Å². The van der Waals surface area contributed by atoms with Gasteiger partial charge < -0.3 is 4.57 Å². The second kappa shape index (κ2) is 6.47. The molecule has 0 aliphatic heterocycles. The van der Waals surface area contributed by atoms with Gasteiger partial charge in [0, 0.05) is 20.0 Å². The number of nitrogens with one attached hydrogen (secondary N) is 1. The Morgan fingerprint density at radius 3 is 2.81 bits per heavy atom. The van der Waals surface area contributed by atoms with Gasteiger partial charge in [-0.05, 0) is 11.6 Å². The molecule has 0 fully saturated rings. The fourth-order valence-electron chi connectivity index (χ4n) is 1.86. The standard InChI is InChI=1S/C13H15N5O2S/c1-18-10-15-17-13(18)6-7-16-21(19,20)9-12-5-3-2-4-11(12)8-14/h2-5,10,16H,6-7,9H2,1H3. The zero-order valence-electron chi connectivity index (χ0n) is 11.5. The van der Waals surface area contributed by atoms with Crippen molar-refractivity contribution in [1.82, 2.24) is 19.5 Å².